The zero-order chi connectivity index (χ0) is 14.6. The standard InChI is InChI=1S/C18H23ClO2/c1-21-17-6-5-13(19)7-12(17)10-18(20)9-11-8-16(18)15-4-2-3-14(11)15/h5-7,11,14-16,20H,2-4,8-10H2,1H3. The average Bonchev–Trinajstić information content (AvgIpc) is 3.09. The highest BCUT2D eigenvalue weighted by molar-refractivity contribution is 6.30. The van der Waals surface area contributed by atoms with E-state index in [4.69, 9.17) is 16.3 Å². The highest BCUT2D eigenvalue weighted by atomic mass is 35.5. The molecular formula is C18H23ClO2. The Morgan fingerprint density at radius 2 is 2.14 bits per heavy atom. The number of aliphatic hydroxyl groups is 1. The van der Waals surface area contributed by atoms with Crippen LogP contribution in [0.1, 0.15) is 37.7 Å². The van der Waals surface area contributed by atoms with E-state index in [1.807, 2.05) is 18.2 Å². The summed E-state index contributed by atoms with van der Waals surface area (Å²) in [4.78, 5) is 0. The minimum Gasteiger partial charge on any atom is -0.496 e. The number of fused-ring (bicyclic) bond motifs is 5. The van der Waals surface area contributed by atoms with Crippen LogP contribution < -0.4 is 4.74 Å². The molecule has 2 bridgehead atoms. The van der Waals surface area contributed by atoms with Gasteiger partial charge in [0.15, 0.2) is 0 Å². The number of hydrogen-bond acceptors (Lipinski definition) is 2. The van der Waals surface area contributed by atoms with E-state index < -0.39 is 5.60 Å². The maximum atomic E-state index is 11.3. The monoisotopic (exact) mass is 306 g/mol. The molecule has 0 aliphatic heterocycles. The van der Waals surface area contributed by atoms with Gasteiger partial charge in [0.05, 0.1) is 12.7 Å². The summed E-state index contributed by atoms with van der Waals surface area (Å²) in [5, 5.41) is 12.0. The Labute approximate surface area is 131 Å². The second-order valence-corrected chi connectivity index (χ2v) is 7.74. The molecule has 3 fully saturated rings. The van der Waals surface area contributed by atoms with E-state index in [1.165, 1.54) is 25.7 Å². The van der Waals surface area contributed by atoms with Crippen molar-refractivity contribution >= 4 is 11.6 Å². The van der Waals surface area contributed by atoms with Crippen LogP contribution in [-0.4, -0.2) is 17.8 Å². The van der Waals surface area contributed by atoms with Crippen molar-refractivity contribution in [3.05, 3.63) is 28.8 Å². The number of hydrogen-bond donors (Lipinski definition) is 1. The molecule has 2 nitrogen and oxygen atoms in total. The minimum absolute atomic E-state index is 0.485. The summed E-state index contributed by atoms with van der Waals surface area (Å²) < 4.78 is 5.45. The summed E-state index contributed by atoms with van der Waals surface area (Å²) in [6, 6.07) is 5.71. The predicted octanol–water partition coefficient (Wildman–Crippen LogP) is 4.08. The van der Waals surface area contributed by atoms with Crippen molar-refractivity contribution in [1.29, 1.82) is 0 Å². The quantitative estimate of drug-likeness (QED) is 0.912. The van der Waals surface area contributed by atoms with Gasteiger partial charge in [-0.1, -0.05) is 18.0 Å². The van der Waals surface area contributed by atoms with Gasteiger partial charge in [-0.15, -0.1) is 0 Å². The third kappa shape index (κ3) is 2.10. The van der Waals surface area contributed by atoms with Crippen LogP contribution in [0.5, 0.6) is 5.75 Å². The van der Waals surface area contributed by atoms with Gasteiger partial charge < -0.3 is 9.84 Å². The first-order chi connectivity index (χ1) is 10.1. The molecule has 1 N–H and O–H groups in total. The maximum absolute atomic E-state index is 11.3. The van der Waals surface area contributed by atoms with Gasteiger partial charge in [-0.05, 0) is 73.1 Å². The van der Waals surface area contributed by atoms with Gasteiger partial charge in [0.2, 0.25) is 0 Å². The highest BCUT2D eigenvalue weighted by Gasteiger charge is 2.60. The number of ether oxygens (including phenoxy) is 1. The van der Waals surface area contributed by atoms with Crippen molar-refractivity contribution in [3.63, 3.8) is 0 Å². The van der Waals surface area contributed by atoms with Crippen LogP contribution in [0.4, 0.5) is 0 Å². The summed E-state index contributed by atoms with van der Waals surface area (Å²) in [6.45, 7) is 0. The summed E-state index contributed by atoms with van der Waals surface area (Å²) >= 11 is 6.14. The van der Waals surface area contributed by atoms with Gasteiger partial charge in [0, 0.05) is 11.4 Å². The highest BCUT2D eigenvalue weighted by Crippen LogP contribution is 2.63. The van der Waals surface area contributed by atoms with E-state index in [0.717, 1.165) is 40.5 Å². The molecule has 1 aromatic rings. The molecular weight excluding hydrogens is 284 g/mol. The Morgan fingerprint density at radius 3 is 2.95 bits per heavy atom. The summed E-state index contributed by atoms with van der Waals surface area (Å²) in [7, 11) is 1.69. The molecule has 114 valence electrons. The predicted molar refractivity (Wildman–Crippen MR) is 83.7 cm³/mol. The van der Waals surface area contributed by atoms with Crippen LogP contribution >= 0.6 is 11.6 Å². The van der Waals surface area contributed by atoms with Crippen molar-refractivity contribution < 1.29 is 9.84 Å². The normalized spacial score (nSPS) is 40.5. The van der Waals surface area contributed by atoms with Crippen molar-refractivity contribution in [1.82, 2.24) is 0 Å². The van der Waals surface area contributed by atoms with Crippen molar-refractivity contribution in [2.45, 2.75) is 44.1 Å². The molecule has 0 amide bonds. The molecule has 3 aliphatic rings. The van der Waals surface area contributed by atoms with Gasteiger partial charge in [-0.25, -0.2) is 0 Å². The second-order valence-electron chi connectivity index (χ2n) is 7.30. The third-order valence-electron chi connectivity index (χ3n) is 6.35. The van der Waals surface area contributed by atoms with Gasteiger partial charge >= 0.3 is 0 Å². The topological polar surface area (TPSA) is 29.5 Å². The first-order valence-corrected chi connectivity index (χ1v) is 8.53. The Kier molecular flexibility index (Phi) is 3.24. The van der Waals surface area contributed by atoms with Gasteiger partial charge in [-0.2, -0.15) is 0 Å². The molecule has 21 heavy (non-hydrogen) atoms. The average molecular weight is 307 g/mol. The van der Waals surface area contributed by atoms with Crippen LogP contribution in [0.15, 0.2) is 18.2 Å². The van der Waals surface area contributed by atoms with Gasteiger partial charge in [0.25, 0.3) is 0 Å². The fourth-order valence-electron chi connectivity index (χ4n) is 5.65. The van der Waals surface area contributed by atoms with E-state index in [2.05, 4.69) is 0 Å². The zero-order valence-electron chi connectivity index (χ0n) is 12.5. The molecule has 5 atom stereocenters. The SMILES string of the molecule is COc1ccc(Cl)cc1CC1(O)CC2CC1C1CCCC21. The van der Waals surface area contributed by atoms with Crippen LogP contribution in [-0.2, 0) is 6.42 Å². The molecule has 5 unspecified atom stereocenters. The molecule has 3 heteroatoms. The summed E-state index contributed by atoms with van der Waals surface area (Å²) in [6.07, 6.45) is 6.95. The Morgan fingerprint density at radius 1 is 1.33 bits per heavy atom. The Hall–Kier alpha value is -0.730. The molecule has 0 spiro atoms. The summed E-state index contributed by atoms with van der Waals surface area (Å²) in [5.41, 5.74) is 0.503. The molecule has 4 rings (SSSR count). The van der Waals surface area contributed by atoms with E-state index >= 15 is 0 Å². The minimum atomic E-state index is -0.547. The van der Waals surface area contributed by atoms with Crippen molar-refractivity contribution in [3.8, 4) is 5.75 Å². The molecule has 3 aliphatic carbocycles. The van der Waals surface area contributed by atoms with Crippen LogP contribution in [0.2, 0.25) is 5.02 Å². The lowest BCUT2D eigenvalue weighted by molar-refractivity contribution is -0.0453. The summed E-state index contributed by atoms with van der Waals surface area (Å²) in [5.74, 6) is 3.74. The van der Waals surface area contributed by atoms with Crippen molar-refractivity contribution in [2.75, 3.05) is 7.11 Å². The van der Waals surface area contributed by atoms with Gasteiger partial charge in [0.1, 0.15) is 5.75 Å². The molecule has 1 aromatic carbocycles. The number of benzene rings is 1. The number of methoxy groups -OCH3 is 1. The number of halogens is 1. The van der Waals surface area contributed by atoms with Crippen LogP contribution in [0, 0.1) is 23.7 Å². The second kappa shape index (κ2) is 4.89. The lowest BCUT2D eigenvalue weighted by atomic mass is 9.70. The fraction of sp³-hybridized carbons (Fsp3) is 0.667. The van der Waals surface area contributed by atoms with E-state index in [-0.39, 0.29) is 0 Å². The molecule has 3 saturated carbocycles. The van der Waals surface area contributed by atoms with E-state index in [1.54, 1.807) is 7.11 Å². The van der Waals surface area contributed by atoms with E-state index in [0.29, 0.717) is 12.3 Å². The van der Waals surface area contributed by atoms with Gasteiger partial charge in [-0.3, -0.25) is 0 Å². The smallest absolute Gasteiger partial charge is 0.122 e. The van der Waals surface area contributed by atoms with E-state index in [9.17, 15) is 5.11 Å². The lowest BCUT2D eigenvalue weighted by Crippen LogP contribution is -2.43. The van der Waals surface area contributed by atoms with Crippen molar-refractivity contribution in [2.24, 2.45) is 23.7 Å². The molecule has 0 saturated heterocycles. The zero-order valence-corrected chi connectivity index (χ0v) is 13.3. The van der Waals surface area contributed by atoms with Crippen LogP contribution in [0.3, 0.4) is 0 Å². The first-order valence-electron chi connectivity index (χ1n) is 8.15. The third-order valence-corrected chi connectivity index (χ3v) is 6.58. The molecule has 0 heterocycles. The fourth-order valence-corrected chi connectivity index (χ4v) is 5.85. The van der Waals surface area contributed by atoms with Crippen LogP contribution in [0.25, 0.3) is 0 Å². The Bertz CT molecular complexity index is 558. The number of rotatable bonds is 3. The Balaban J connectivity index is 1.61. The largest absolute Gasteiger partial charge is 0.496 e. The molecule has 0 radical (unpaired) electrons. The maximum Gasteiger partial charge on any atom is 0.122 e. The lowest BCUT2D eigenvalue weighted by Gasteiger charge is -2.39. The first kappa shape index (κ1) is 13.9. The molecule has 0 aromatic heterocycles.